The Morgan fingerprint density at radius 3 is 2.51 bits per heavy atom. The fourth-order valence-corrected chi connectivity index (χ4v) is 4.70. The largest absolute Gasteiger partial charge is 0.444 e. The number of aromatic amines is 1. The number of aromatic nitrogens is 3. The molecule has 1 aromatic carbocycles. The number of benzene rings is 1. The first-order chi connectivity index (χ1) is 18.7. The number of carbonyl (C=O) groups excluding carboxylic acids is 3. The molecule has 1 aliphatic heterocycles. The second-order valence-corrected chi connectivity index (χ2v) is 10.7. The van der Waals surface area contributed by atoms with E-state index in [1.54, 1.807) is 38.1 Å². The van der Waals surface area contributed by atoms with Crippen LogP contribution in [0.1, 0.15) is 56.6 Å². The van der Waals surface area contributed by atoms with Crippen molar-refractivity contribution < 1.29 is 19.1 Å². The number of imidazole rings is 1. The summed E-state index contributed by atoms with van der Waals surface area (Å²) in [6, 6.07) is 13.5. The van der Waals surface area contributed by atoms with E-state index in [-0.39, 0.29) is 24.3 Å². The quantitative estimate of drug-likeness (QED) is 0.388. The lowest BCUT2D eigenvalue weighted by Crippen LogP contribution is -2.55. The van der Waals surface area contributed by atoms with E-state index in [0.29, 0.717) is 31.5 Å². The number of pyridine rings is 1. The van der Waals surface area contributed by atoms with E-state index in [0.717, 1.165) is 11.3 Å². The maximum Gasteiger partial charge on any atom is 0.408 e. The number of amides is 3. The van der Waals surface area contributed by atoms with Crippen LogP contribution in [0.25, 0.3) is 0 Å². The van der Waals surface area contributed by atoms with Crippen molar-refractivity contribution in [2.45, 2.75) is 70.2 Å². The molecule has 206 valence electrons. The van der Waals surface area contributed by atoms with Crippen LogP contribution in [0.3, 0.4) is 0 Å². The highest BCUT2D eigenvalue weighted by Crippen LogP contribution is 2.23. The molecule has 1 aliphatic rings. The van der Waals surface area contributed by atoms with Crippen molar-refractivity contribution in [3.63, 3.8) is 0 Å². The van der Waals surface area contributed by atoms with E-state index in [2.05, 4.69) is 25.6 Å². The first kappa shape index (κ1) is 27.8. The van der Waals surface area contributed by atoms with Gasteiger partial charge in [-0.1, -0.05) is 36.4 Å². The number of nitrogens with one attached hydrogen (secondary N) is 3. The molecule has 2 aromatic heterocycles. The molecule has 0 radical (unpaired) electrons. The van der Waals surface area contributed by atoms with Crippen LogP contribution in [0, 0.1) is 0 Å². The molecule has 3 atom stereocenters. The summed E-state index contributed by atoms with van der Waals surface area (Å²) in [7, 11) is 0. The van der Waals surface area contributed by atoms with Crippen molar-refractivity contribution in [3.05, 3.63) is 84.2 Å². The van der Waals surface area contributed by atoms with Gasteiger partial charge in [-0.25, -0.2) is 9.78 Å². The van der Waals surface area contributed by atoms with Gasteiger partial charge in [-0.15, -0.1) is 0 Å². The highest BCUT2D eigenvalue weighted by molar-refractivity contribution is 5.92. The fourth-order valence-electron chi connectivity index (χ4n) is 4.70. The molecule has 0 saturated carbocycles. The van der Waals surface area contributed by atoms with E-state index in [1.807, 2.05) is 48.5 Å². The van der Waals surface area contributed by atoms with Crippen molar-refractivity contribution >= 4 is 17.9 Å². The second kappa shape index (κ2) is 12.6. The monoisotopic (exact) mass is 532 g/mol. The smallest absolute Gasteiger partial charge is 0.408 e. The Bertz CT molecular complexity index is 1230. The Labute approximate surface area is 228 Å². The minimum atomic E-state index is -0.924. The molecule has 0 spiro atoms. The predicted molar refractivity (Wildman–Crippen MR) is 145 cm³/mol. The highest BCUT2D eigenvalue weighted by Gasteiger charge is 2.39. The van der Waals surface area contributed by atoms with Gasteiger partial charge in [0.05, 0.1) is 12.4 Å². The number of H-pyrrole nitrogens is 1. The minimum absolute atomic E-state index is 0.190. The lowest BCUT2D eigenvalue weighted by Gasteiger charge is -2.30. The first-order valence-electron chi connectivity index (χ1n) is 13.2. The summed E-state index contributed by atoms with van der Waals surface area (Å²) < 4.78 is 5.40. The normalized spacial score (nSPS) is 16.8. The van der Waals surface area contributed by atoms with Crippen LogP contribution < -0.4 is 10.6 Å². The third-order valence-corrected chi connectivity index (χ3v) is 6.46. The zero-order valence-electron chi connectivity index (χ0n) is 22.6. The van der Waals surface area contributed by atoms with Crippen molar-refractivity contribution in [2.75, 3.05) is 6.54 Å². The number of ether oxygens (including phenoxy) is 1. The molecule has 3 heterocycles. The Balaban J connectivity index is 1.50. The van der Waals surface area contributed by atoms with Gasteiger partial charge in [0.1, 0.15) is 17.7 Å². The fraction of sp³-hybridized carbons (Fsp3) is 0.414. The second-order valence-electron chi connectivity index (χ2n) is 10.7. The number of nitrogens with zero attached hydrogens (tertiary/aromatic N) is 3. The summed E-state index contributed by atoms with van der Waals surface area (Å²) in [4.78, 5) is 53.0. The van der Waals surface area contributed by atoms with Crippen LogP contribution in [0.2, 0.25) is 0 Å². The van der Waals surface area contributed by atoms with Crippen LogP contribution in [-0.2, 0) is 27.2 Å². The van der Waals surface area contributed by atoms with Gasteiger partial charge < -0.3 is 25.3 Å². The summed E-state index contributed by atoms with van der Waals surface area (Å²) >= 11 is 0. The number of hydrogen-bond acceptors (Lipinski definition) is 6. The summed E-state index contributed by atoms with van der Waals surface area (Å²) in [6.45, 7) is 5.69. The van der Waals surface area contributed by atoms with E-state index in [9.17, 15) is 14.4 Å². The minimum Gasteiger partial charge on any atom is -0.444 e. The van der Waals surface area contributed by atoms with Gasteiger partial charge in [-0.05, 0) is 51.3 Å². The molecular weight excluding hydrogens is 496 g/mol. The molecule has 10 nitrogen and oxygen atoms in total. The number of hydrogen-bond donors (Lipinski definition) is 3. The van der Waals surface area contributed by atoms with Gasteiger partial charge in [-0.2, -0.15) is 0 Å². The average Bonchev–Trinajstić information content (AvgIpc) is 3.60. The number of carbonyl (C=O) groups is 3. The van der Waals surface area contributed by atoms with E-state index >= 15 is 0 Å². The maximum atomic E-state index is 13.8. The lowest BCUT2D eigenvalue weighted by atomic mass is 10.0. The Morgan fingerprint density at radius 2 is 1.85 bits per heavy atom. The molecule has 1 unspecified atom stereocenters. The molecule has 1 saturated heterocycles. The molecule has 0 aliphatic carbocycles. The van der Waals surface area contributed by atoms with Crippen LogP contribution in [0.4, 0.5) is 4.79 Å². The summed E-state index contributed by atoms with van der Waals surface area (Å²) in [6.07, 6.45) is 6.08. The predicted octanol–water partition coefficient (Wildman–Crippen LogP) is 3.33. The standard InChI is InChI=1S/C29H36N6O4/c1-29(2,3)39-28(38)34-24(17-22-18-30-19-32-22)27(37)35-15-9-13-25(35)26(36)33-23(20-10-5-4-6-11-20)16-21-12-7-8-14-31-21/h4-8,10-12,14,18-19,23-25H,9,13,15-17H2,1-3H3,(H,30,32)(H,33,36)(H,34,38)/t23-,24-,25?/m0/s1. The lowest BCUT2D eigenvalue weighted by molar-refractivity contribution is -0.140. The van der Waals surface area contributed by atoms with E-state index < -0.39 is 23.8 Å². The Hall–Kier alpha value is -4.21. The van der Waals surface area contributed by atoms with Crippen molar-refractivity contribution in [2.24, 2.45) is 0 Å². The molecule has 3 N–H and O–H groups in total. The van der Waals surface area contributed by atoms with E-state index in [4.69, 9.17) is 4.74 Å². The maximum absolute atomic E-state index is 13.8. The third kappa shape index (κ3) is 7.89. The Kier molecular flexibility index (Phi) is 8.96. The SMILES string of the molecule is CC(C)(C)OC(=O)N[C@@H](Cc1cnc[nH]1)C(=O)N1CCCC1C(=O)N[C@@H](Cc1ccccn1)c1ccccc1. The van der Waals surface area contributed by atoms with Gasteiger partial charge in [0.2, 0.25) is 11.8 Å². The molecular formula is C29H36N6O4. The van der Waals surface area contributed by atoms with Gasteiger partial charge in [0.15, 0.2) is 0 Å². The van der Waals surface area contributed by atoms with Gasteiger partial charge in [-0.3, -0.25) is 14.6 Å². The van der Waals surface area contributed by atoms with Gasteiger partial charge in [0, 0.05) is 43.2 Å². The summed E-state index contributed by atoms with van der Waals surface area (Å²) in [5, 5.41) is 5.87. The van der Waals surface area contributed by atoms with Crippen molar-refractivity contribution in [3.8, 4) is 0 Å². The Morgan fingerprint density at radius 1 is 1.08 bits per heavy atom. The number of likely N-dealkylation sites (tertiary alicyclic amines) is 1. The van der Waals surface area contributed by atoms with Crippen molar-refractivity contribution in [1.82, 2.24) is 30.5 Å². The zero-order valence-corrected chi connectivity index (χ0v) is 22.6. The highest BCUT2D eigenvalue weighted by atomic mass is 16.6. The molecule has 3 aromatic rings. The summed E-state index contributed by atoms with van der Waals surface area (Å²) in [5.41, 5.74) is 1.77. The van der Waals surface area contributed by atoms with E-state index in [1.165, 1.54) is 6.33 Å². The molecule has 39 heavy (non-hydrogen) atoms. The zero-order chi connectivity index (χ0) is 27.8. The van der Waals surface area contributed by atoms with Crippen LogP contribution in [0.5, 0.6) is 0 Å². The molecule has 10 heteroatoms. The summed E-state index contributed by atoms with van der Waals surface area (Å²) in [5.74, 6) is -0.572. The average molecular weight is 533 g/mol. The van der Waals surface area contributed by atoms with Crippen molar-refractivity contribution in [1.29, 1.82) is 0 Å². The van der Waals surface area contributed by atoms with Gasteiger partial charge >= 0.3 is 6.09 Å². The van der Waals surface area contributed by atoms with Crippen LogP contribution in [-0.4, -0.2) is 62.0 Å². The third-order valence-electron chi connectivity index (χ3n) is 6.46. The molecule has 4 rings (SSSR count). The van der Waals surface area contributed by atoms with Crippen LogP contribution >= 0.6 is 0 Å². The topological polar surface area (TPSA) is 129 Å². The van der Waals surface area contributed by atoms with Crippen LogP contribution in [0.15, 0.2) is 67.3 Å². The first-order valence-corrected chi connectivity index (χ1v) is 13.2. The molecule has 0 bridgehead atoms. The molecule has 1 fully saturated rings. The number of rotatable bonds is 9. The van der Waals surface area contributed by atoms with Gasteiger partial charge in [0.25, 0.3) is 0 Å². The molecule has 3 amide bonds. The number of alkyl carbamates (subject to hydrolysis) is 1.